The third-order valence-corrected chi connectivity index (χ3v) is 23.8. The third-order valence-electron chi connectivity index (χ3n) is 23.8. The van der Waals surface area contributed by atoms with Crippen LogP contribution in [0.3, 0.4) is 0 Å². The van der Waals surface area contributed by atoms with Crippen molar-refractivity contribution >= 4 is 166 Å². The van der Waals surface area contributed by atoms with Crippen LogP contribution in [0.5, 0.6) is 0 Å². The van der Waals surface area contributed by atoms with E-state index >= 15 is 0 Å². The Morgan fingerprint density at radius 3 is 0.815 bits per heavy atom. The standard InChI is InChI=1S/C60H40N4.C56H38N4/c1-3-15-49(16-4-1)63(50-17-5-2-6-18-50)52-32-34-53(35-33-52)64(54-31-27-41-12-7-8-13-44(41)40-54)51-29-25-42(26-30-51)45-21-22-47-39-48(24-23-46(47)38-45)58-55-19-9-10-20-57(55)62-60-56(58)36-28-43-14-11-37-61-59(43)60;1-3-15-45(16-4-1)59(46-17-5-2-6-18-46)48-32-34-49(35-33-48)60(50-31-27-39-12-7-8-13-44(39)38-50)47-29-25-41(26-30-47)40-21-23-42(24-22-40)54-51-19-9-10-20-53(51)58-56-52(54)36-28-43-14-11-37-57-55(43)56/h1-40H;1-38H. The second-order valence-corrected chi connectivity index (χ2v) is 31.3. The Kier molecular flexibility index (Phi) is 19.1. The minimum atomic E-state index is 0.925. The zero-order valence-electron chi connectivity index (χ0n) is 67.6. The van der Waals surface area contributed by atoms with Gasteiger partial charge in [-0.2, -0.15) is 0 Å². The van der Waals surface area contributed by atoms with Crippen molar-refractivity contribution in [3.8, 4) is 44.5 Å². The van der Waals surface area contributed by atoms with Gasteiger partial charge in [0.25, 0.3) is 0 Å². The molecule has 8 nitrogen and oxygen atoms in total. The lowest BCUT2D eigenvalue weighted by atomic mass is 9.93. The van der Waals surface area contributed by atoms with Gasteiger partial charge in [0.05, 0.1) is 33.1 Å². The first kappa shape index (κ1) is 73.7. The van der Waals surface area contributed by atoms with Gasteiger partial charge in [0, 0.05) is 124 Å². The first-order chi connectivity index (χ1) is 61.5. The van der Waals surface area contributed by atoms with Crippen LogP contribution in [0.15, 0.2) is 473 Å². The summed E-state index contributed by atoms with van der Waals surface area (Å²) in [5.41, 5.74) is 28.1. The van der Waals surface area contributed by atoms with E-state index in [9.17, 15) is 0 Å². The topological polar surface area (TPSA) is 64.5 Å². The summed E-state index contributed by atoms with van der Waals surface area (Å²) in [6, 6.07) is 165. The molecule has 4 heterocycles. The van der Waals surface area contributed by atoms with Gasteiger partial charge in [0.15, 0.2) is 0 Å². The predicted octanol–water partition coefficient (Wildman–Crippen LogP) is 31.9. The van der Waals surface area contributed by atoms with Gasteiger partial charge in [-0.1, -0.05) is 279 Å². The highest BCUT2D eigenvalue weighted by molar-refractivity contribution is 6.18. The molecule has 124 heavy (non-hydrogen) atoms. The van der Waals surface area contributed by atoms with Crippen LogP contribution in [0.2, 0.25) is 0 Å². The number of hydrogen-bond donors (Lipinski definition) is 0. The zero-order valence-corrected chi connectivity index (χ0v) is 67.6. The van der Waals surface area contributed by atoms with E-state index in [4.69, 9.17) is 19.9 Å². The molecule has 23 rings (SSSR count). The highest BCUT2D eigenvalue weighted by atomic mass is 15.2. The molecule has 0 unspecified atom stereocenters. The normalized spacial score (nSPS) is 11.4. The molecule has 0 amide bonds. The zero-order chi connectivity index (χ0) is 82.2. The average molecular weight is 1580 g/mol. The number of hydrogen-bond acceptors (Lipinski definition) is 8. The fraction of sp³-hybridized carbons (Fsp3) is 0. The molecule has 0 saturated carbocycles. The molecule has 0 radical (unpaired) electrons. The molecule has 0 atom stereocenters. The molecule has 19 aromatic carbocycles. The van der Waals surface area contributed by atoms with Crippen molar-refractivity contribution in [3.63, 3.8) is 0 Å². The summed E-state index contributed by atoms with van der Waals surface area (Å²) in [6.45, 7) is 0. The molecule has 582 valence electrons. The monoisotopic (exact) mass is 1580 g/mol. The molecule has 23 aromatic rings. The number of rotatable bonds is 16. The molecule has 0 bridgehead atoms. The molecule has 0 aliphatic heterocycles. The smallest absolute Gasteiger partial charge is 0.0978 e. The molecule has 0 N–H and O–H groups in total. The van der Waals surface area contributed by atoms with Crippen LogP contribution in [0.4, 0.5) is 68.2 Å². The van der Waals surface area contributed by atoms with Gasteiger partial charge in [-0.15, -0.1) is 0 Å². The fourth-order valence-electron chi connectivity index (χ4n) is 17.9. The van der Waals surface area contributed by atoms with Crippen molar-refractivity contribution in [2.45, 2.75) is 0 Å². The summed E-state index contributed by atoms with van der Waals surface area (Å²) < 4.78 is 0. The van der Waals surface area contributed by atoms with E-state index < -0.39 is 0 Å². The number of pyridine rings is 4. The molecule has 0 fully saturated rings. The second kappa shape index (κ2) is 32.2. The summed E-state index contributed by atoms with van der Waals surface area (Å²) in [7, 11) is 0. The van der Waals surface area contributed by atoms with Gasteiger partial charge in [-0.25, -0.2) is 9.97 Å². The summed E-state index contributed by atoms with van der Waals surface area (Å²) in [6.07, 6.45) is 3.70. The van der Waals surface area contributed by atoms with Crippen LogP contribution in [-0.2, 0) is 0 Å². The van der Waals surface area contributed by atoms with E-state index in [0.29, 0.717) is 0 Å². The largest absolute Gasteiger partial charge is 0.311 e. The number of fused-ring (bicyclic) bond motifs is 11. The summed E-state index contributed by atoms with van der Waals surface area (Å²) in [5, 5.41) is 13.9. The summed E-state index contributed by atoms with van der Waals surface area (Å²) in [4.78, 5) is 29.0. The van der Waals surface area contributed by atoms with Crippen LogP contribution in [0.1, 0.15) is 0 Å². The maximum absolute atomic E-state index is 5.13. The van der Waals surface area contributed by atoms with Gasteiger partial charge >= 0.3 is 0 Å². The molecular weight excluding hydrogens is 1510 g/mol. The Hall–Kier alpha value is -16.7. The molecule has 0 spiro atoms. The maximum atomic E-state index is 5.13. The minimum absolute atomic E-state index is 0.925. The lowest BCUT2D eigenvalue weighted by Crippen LogP contribution is -2.12. The number of anilines is 12. The predicted molar refractivity (Wildman–Crippen MR) is 522 cm³/mol. The quantitative estimate of drug-likeness (QED) is 0.0700. The summed E-state index contributed by atoms with van der Waals surface area (Å²) >= 11 is 0. The van der Waals surface area contributed by atoms with Gasteiger partial charge in [-0.05, 0) is 248 Å². The minimum Gasteiger partial charge on any atom is -0.311 e. The van der Waals surface area contributed by atoms with E-state index in [1.165, 1.54) is 49.0 Å². The Labute approximate surface area is 718 Å². The van der Waals surface area contributed by atoms with Crippen molar-refractivity contribution in [1.82, 2.24) is 19.9 Å². The molecule has 0 aliphatic rings. The van der Waals surface area contributed by atoms with Crippen LogP contribution in [0.25, 0.3) is 142 Å². The van der Waals surface area contributed by atoms with E-state index in [0.717, 1.165) is 161 Å². The van der Waals surface area contributed by atoms with E-state index in [2.05, 4.69) is 469 Å². The molecular formula is C116H78N8. The van der Waals surface area contributed by atoms with Crippen LogP contribution >= 0.6 is 0 Å². The van der Waals surface area contributed by atoms with E-state index in [1.807, 2.05) is 24.5 Å². The molecule has 0 aliphatic carbocycles. The average Bonchev–Trinajstić information content (AvgIpc) is 0.743. The van der Waals surface area contributed by atoms with Gasteiger partial charge in [0.1, 0.15) is 0 Å². The summed E-state index contributed by atoms with van der Waals surface area (Å²) in [5.74, 6) is 0. The number of nitrogens with zero attached hydrogens (tertiary/aromatic N) is 8. The first-order valence-corrected chi connectivity index (χ1v) is 42.0. The Morgan fingerprint density at radius 1 is 0.145 bits per heavy atom. The van der Waals surface area contributed by atoms with E-state index in [1.54, 1.807) is 0 Å². The van der Waals surface area contributed by atoms with Crippen LogP contribution in [0, 0.1) is 0 Å². The third kappa shape index (κ3) is 14.1. The lowest BCUT2D eigenvalue weighted by Gasteiger charge is -2.28. The van der Waals surface area contributed by atoms with Crippen molar-refractivity contribution in [2.75, 3.05) is 19.6 Å². The van der Waals surface area contributed by atoms with Gasteiger partial charge < -0.3 is 19.6 Å². The molecule has 4 aromatic heterocycles. The molecule has 8 heteroatoms. The highest BCUT2D eigenvalue weighted by Gasteiger charge is 2.23. The van der Waals surface area contributed by atoms with Crippen molar-refractivity contribution in [3.05, 3.63) is 473 Å². The maximum Gasteiger partial charge on any atom is 0.0978 e. The van der Waals surface area contributed by atoms with Gasteiger partial charge in [0.2, 0.25) is 0 Å². The highest BCUT2D eigenvalue weighted by Crippen LogP contribution is 2.46. The Bertz CT molecular complexity index is 7820. The van der Waals surface area contributed by atoms with Crippen molar-refractivity contribution in [1.29, 1.82) is 0 Å². The lowest BCUT2D eigenvalue weighted by molar-refractivity contribution is 1.26. The Balaban J connectivity index is 0.000000148. The number of aromatic nitrogens is 4. The number of benzene rings is 19. The first-order valence-electron chi connectivity index (χ1n) is 42.0. The van der Waals surface area contributed by atoms with Crippen molar-refractivity contribution < 1.29 is 0 Å². The van der Waals surface area contributed by atoms with E-state index in [-0.39, 0.29) is 0 Å². The number of para-hydroxylation sites is 6. The van der Waals surface area contributed by atoms with Gasteiger partial charge in [-0.3, -0.25) is 9.97 Å². The van der Waals surface area contributed by atoms with Crippen LogP contribution in [-0.4, -0.2) is 19.9 Å². The SMILES string of the molecule is c1ccc(N(c2ccccc2)c2ccc(N(c3ccc(-c4ccc(-c5c6ccccc6nc6c5ccc5cccnc56)cc4)cc3)c3ccc4ccccc4c3)cc2)cc1.c1ccc(N(c2ccccc2)c2ccc(N(c3ccc(-c4ccc5cc(-c6c7ccccc7nc7c6ccc6cccnc67)ccc5c4)cc3)c3ccc4ccccc4c3)cc2)cc1. The fourth-order valence-corrected chi connectivity index (χ4v) is 17.9. The molecule has 0 saturated heterocycles. The van der Waals surface area contributed by atoms with Crippen LogP contribution < -0.4 is 19.6 Å². The Morgan fingerprint density at radius 2 is 0.403 bits per heavy atom. The van der Waals surface area contributed by atoms with Crippen molar-refractivity contribution in [2.24, 2.45) is 0 Å². The second-order valence-electron chi connectivity index (χ2n) is 31.3.